The Hall–Kier alpha value is -3.89. The van der Waals surface area contributed by atoms with Gasteiger partial charge in [-0.25, -0.2) is 22.4 Å². The van der Waals surface area contributed by atoms with Gasteiger partial charge in [0.25, 0.3) is 5.91 Å². The molecule has 2 heterocycles. The van der Waals surface area contributed by atoms with E-state index in [1.54, 1.807) is 11.6 Å². The van der Waals surface area contributed by atoms with Gasteiger partial charge in [-0.1, -0.05) is 0 Å². The molecule has 4 rings (SSSR count). The fraction of sp³-hybridized carbons (Fsp3) is 0.190. The molecule has 32 heavy (non-hydrogen) atoms. The maximum Gasteiger partial charge on any atom is 0.322 e. The molecule has 0 unspecified atom stereocenters. The number of urea groups is 1. The van der Waals surface area contributed by atoms with E-state index in [1.165, 1.54) is 23.2 Å². The second kappa shape index (κ2) is 8.33. The molecular weight excluding hydrogens is 430 g/mol. The van der Waals surface area contributed by atoms with E-state index in [0.29, 0.717) is 12.2 Å². The van der Waals surface area contributed by atoms with E-state index in [4.69, 9.17) is 0 Å². The summed E-state index contributed by atoms with van der Waals surface area (Å²) in [6.07, 6.45) is 1.33. The lowest BCUT2D eigenvalue weighted by Crippen LogP contribution is -2.47. The Bertz CT molecular complexity index is 1210. The van der Waals surface area contributed by atoms with Crippen LogP contribution >= 0.6 is 0 Å². The Kier molecular flexibility index (Phi) is 5.56. The van der Waals surface area contributed by atoms with Crippen molar-refractivity contribution in [1.29, 1.82) is 0 Å². The van der Waals surface area contributed by atoms with Gasteiger partial charge in [-0.15, -0.1) is 0 Å². The lowest BCUT2D eigenvalue weighted by Gasteiger charge is -2.34. The third-order valence-corrected chi connectivity index (χ3v) is 5.09. The van der Waals surface area contributed by atoms with Crippen molar-refractivity contribution in [3.8, 4) is 0 Å². The summed E-state index contributed by atoms with van der Waals surface area (Å²) >= 11 is 0. The highest BCUT2D eigenvalue weighted by Crippen LogP contribution is 2.23. The van der Waals surface area contributed by atoms with Crippen LogP contribution < -0.4 is 10.6 Å². The summed E-state index contributed by atoms with van der Waals surface area (Å²) in [6.45, 7) is 2.08. The van der Waals surface area contributed by atoms with Crippen LogP contribution in [0.3, 0.4) is 0 Å². The van der Waals surface area contributed by atoms with Gasteiger partial charge in [-0.3, -0.25) is 9.48 Å². The van der Waals surface area contributed by atoms with Crippen molar-refractivity contribution < 1.29 is 27.2 Å². The van der Waals surface area contributed by atoms with Crippen molar-refractivity contribution in [3.05, 3.63) is 77.1 Å². The predicted molar refractivity (Wildman–Crippen MR) is 107 cm³/mol. The van der Waals surface area contributed by atoms with Gasteiger partial charge in [0.05, 0.1) is 36.6 Å². The highest BCUT2D eigenvalue weighted by atomic mass is 19.2. The highest BCUT2D eigenvalue weighted by molar-refractivity contribution is 6.05. The van der Waals surface area contributed by atoms with Gasteiger partial charge in [0.2, 0.25) is 0 Å². The summed E-state index contributed by atoms with van der Waals surface area (Å²) < 4.78 is 54.6. The third-order valence-electron chi connectivity index (χ3n) is 5.09. The van der Waals surface area contributed by atoms with E-state index in [2.05, 4.69) is 15.7 Å². The van der Waals surface area contributed by atoms with E-state index >= 15 is 0 Å². The van der Waals surface area contributed by atoms with Crippen LogP contribution in [0.1, 0.15) is 23.0 Å². The zero-order valence-corrected chi connectivity index (χ0v) is 16.7. The number of rotatable bonds is 3. The first-order valence-corrected chi connectivity index (χ1v) is 9.56. The van der Waals surface area contributed by atoms with Gasteiger partial charge < -0.3 is 15.5 Å². The van der Waals surface area contributed by atoms with Crippen LogP contribution in [0.2, 0.25) is 0 Å². The van der Waals surface area contributed by atoms with Crippen LogP contribution in [0.25, 0.3) is 0 Å². The number of benzene rings is 2. The lowest BCUT2D eigenvalue weighted by molar-refractivity contribution is 0.102. The van der Waals surface area contributed by atoms with E-state index in [0.717, 1.165) is 24.3 Å². The summed E-state index contributed by atoms with van der Waals surface area (Å²) in [4.78, 5) is 26.8. The number of carbonyl (C=O) groups excluding carboxylic acids is 2. The number of halogens is 4. The number of carbonyl (C=O) groups is 2. The number of amides is 3. The topological polar surface area (TPSA) is 79.3 Å². The number of hydrogen-bond acceptors (Lipinski definition) is 3. The minimum absolute atomic E-state index is 0.0111. The molecule has 1 aromatic heterocycles. The van der Waals surface area contributed by atoms with Crippen molar-refractivity contribution in [2.45, 2.75) is 26.1 Å². The van der Waals surface area contributed by atoms with Crippen molar-refractivity contribution in [3.63, 3.8) is 0 Å². The first kappa shape index (κ1) is 21.3. The second-order valence-corrected chi connectivity index (χ2v) is 7.31. The maximum absolute atomic E-state index is 13.4. The Labute approximate surface area is 179 Å². The molecule has 166 valence electrons. The largest absolute Gasteiger partial charge is 0.322 e. The van der Waals surface area contributed by atoms with Gasteiger partial charge in [0.15, 0.2) is 23.3 Å². The highest BCUT2D eigenvalue weighted by Gasteiger charge is 2.31. The second-order valence-electron chi connectivity index (χ2n) is 7.31. The number of nitrogens with zero attached hydrogens (tertiary/aromatic N) is 3. The maximum atomic E-state index is 13.4. The molecule has 0 bridgehead atoms. The fourth-order valence-corrected chi connectivity index (χ4v) is 3.40. The summed E-state index contributed by atoms with van der Waals surface area (Å²) in [7, 11) is 0. The molecule has 1 atom stereocenters. The van der Waals surface area contributed by atoms with Gasteiger partial charge >= 0.3 is 6.03 Å². The summed E-state index contributed by atoms with van der Waals surface area (Å²) in [5.74, 6) is -4.87. The standard InChI is InChI=1S/C21H17F4N5O2/c1-11-9-30-19(10-29(11)21(32)28-13-3-5-16(23)18(25)7-13)14(8-26-30)20(31)27-12-2-4-15(22)17(24)6-12/h2-8,11H,9-10H2,1H3,(H,27,31)(H,28,32)/t11-/m1/s1. The molecule has 0 radical (unpaired) electrons. The van der Waals surface area contributed by atoms with Gasteiger partial charge in [0, 0.05) is 23.5 Å². The van der Waals surface area contributed by atoms with Crippen LogP contribution in [0.4, 0.5) is 33.7 Å². The van der Waals surface area contributed by atoms with Crippen molar-refractivity contribution >= 4 is 23.3 Å². The Balaban J connectivity index is 1.52. The molecule has 0 fully saturated rings. The first-order chi connectivity index (χ1) is 15.2. The Morgan fingerprint density at radius 2 is 1.53 bits per heavy atom. The van der Waals surface area contributed by atoms with Crippen molar-refractivity contribution in [2.75, 3.05) is 10.6 Å². The summed E-state index contributed by atoms with van der Waals surface area (Å²) in [5, 5.41) is 9.15. The van der Waals surface area contributed by atoms with Crippen LogP contribution in [0, 0.1) is 23.3 Å². The minimum atomic E-state index is -1.10. The average Bonchev–Trinajstić information content (AvgIpc) is 3.15. The molecule has 1 aliphatic heterocycles. The summed E-state index contributed by atoms with van der Waals surface area (Å²) in [6, 6.07) is 5.09. The predicted octanol–water partition coefficient (Wildman–Crippen LogP) is 4.13. The molecule has 2 aromatic carbocycles. The third kappa shape index (κ3) is 4.13. The number of aromatic nitrogens is 2. The number of hydrogen-bond donors (Lipinski definition) is 2. The Morgan fingerprint density at radius 1 is 0.938 bits per heavy atom. The van der Waals surface area contributed by atoms with E-state index in [9.17, 15) is 27.2 Å². The summed E-state index contributed by atoms with van der Waals surface area (Å²) in [5.41, 5.74) is 0.735. The van der Waals surface area contributed by atoms with E-state index < -0.39 is 35.2 Å². The number of anilines is 2. The zero-order chi connectivity index (χ0) is 23.0. The molecule has 0 aliphatic carbocycles. The monoisotopic (exact) mass is 447 g/mol. The van der Waals surface area contributed by atoms with Crippen molar-refractivity contribution in [1.82, 2.24) is 14.7 Å². The van der Waals surface area contributed by atoms with E-state index in [1.807, 2.05) is 0 Å². The minimum Gasteiger partial charge on any atom is -0.322 e. The SMILES string of the molecule is C[C@@H]1Cn2ncc(C(=O)Nc3ccc(F)c(F)c3)c2CN1C(=O)Nc1ccc(F)c(F)c1. The average molecular weight is 447 g/mol. The van der Waals surface area contributed by atoms with Crippen LogP contribution in [-0.4, -0.2) is 32.7 Å². The molecule has 0 spiro atoms. The molecular formula is C21H17F4N5O2. The molecule has 2 N–H and O–H groups in total. The van der Waals surface area contributed by atoms with Gasteiger partial charge in [-0.2, -0.15) is 5.10 Å². The van der Waals surface area contributed by atoms with Gasteiger partial charge in [0.1, 0.15) is 0 Å². The molecule has 7 nitrogen and oxygen atoms in total. The smallest absolute Gasteiger partial charge is 0.322 e. The Morgan fingerprint density at radius 3 is 2.12 bits per heavy atom. The molecule has 1 aliphatic rings. The molecule has 0 saturated heterocycles. The van der Waals surface area contributed by atoms with Crippen molar-refractivity contribution in [2.24, 2.45) is 0 Å². The lowest BCUT2D eigenvalue weighted by atomic mass is 10.1. The molecule has 3 aromatic rings. The van der Waals surface area contributed by atoms with E-state index in [-0.39, 0.29) is 29.5 Å². The molecule has 3 amide bonds. The normalized spacial score (nSPS) is 15.3. The molecule has 11 heteroatoms. The van der Waals surface area contributed by atoms with Crippen LogP contribution in [0.5, 0.6) is 0 Å². The quantitative estimate of drug-likeness (QED) is 0.593. The van der Waals surface area contributed by atoms with Gasteiger partial charge in [-0.05, 0) is 31.2 Å². The fourth-order valence-electron chi connectivity index (χ4n) is 3.40. The van der Waals surface area contributed by atoms with Crippen LogP contribution in [0.15, 0.2) is 42.6 Å². The first-order valence-electron chi connectivity index (χ1n) is 9.56. The number of fused-ring (bicyclic) bond motifs is 1. The van der Waals surface area contributed by atoms with Crippen LogP contribution in [-0.2, 0) is 13.1 Å². The zero-order valence-electron chi connectivity index (χ0n) is 16.7. The number of nitrogens with one attached hydrogen (secondary N) is 2. The molecule has 0 saturated carbocycles.